The first-order chi connectivity index (χ1) is 13.4. The molecule has 2 amide bonds. The van der Waals surface area contributed by atoms with E-state index in [4.69, 9.17) is 4.74 Å². The Morgan fingerprint density at radius 3 is 2.14 bits per heavy atom. The molecule has 0 saturated carbocycles. The first-order valence-electron chi connectivity index (χ1n) is 9.01. The maximum atomic E-state index is 12.5. The summed E-state index contributed by atoms with van der Waals surface area (Å²) in [6, 6.07) is 4.56. The van der Waals surface area contributed by atoms with Crippen molar-refractivity contribution in [2.75, 3.05) is 38.0 Å². The lowest BCUT2D eigenvalue weighted by molar-refractivity contribution is -0.117. The lowest BCUT2D eigenvalue weighted by atomic mass is 10.2. The molecule has 1 aromatic rings. The molecule has 0 radical (unpaired) electrons. The molecule has 1 aromatic carbocycles. The third-order valence-electron chi connectivity index (χ3n) is 4.09. The summed E-state index contributed by atoms with van der Waals surface area (Å²) in [5.41, 5.74) is -0.270. The molecule has 11 heteroatoms. The number of nitrogens with zero attached hydrogens (tertiary/aromatic N) is 2. The lowest BCUT2D eigenvalue weighted by Gasteiger charge is -2.35. The van der Waals surface area contributed by atoms with Crippen molar-refractivity contribution in [3.05, 3.63) is 24.3 Å². The number of carbonyl (C=O) groups excluding carboxylic acids is 2. The van der Waals surface area contributed by atoms with Crippen LogP contribution in [-0.4, -0.2) is 74.3 Å². The standard InChI is InChI=1S/C18H25F2N3O5S/c1-18(2,3)28-17(25)23-10-8-22(9-11-23)12-15(24)21-13-4-6-14(7-5-13)29(26,27)16(19)20/h4-7,16H,8-12H2,1-3H3,(H,21,24). The van der Waals surface area contributed by atoms with Gasteiger partial charge in [-0.3, -0.25) is 9.69 Å². The van der Waals surface area contributed by atoms with Crippen LogP contribution in [0.15, 0.2) is 29.2 Å². The van der Waals surface area contributed by atoms with Crippen molar-refractivity contribution < 1.29 is 31.5 Å². The molecule has 1 fully saturated rings. The third kappa shape index (κ3) is 6.64. The molecule has 162 valence electrons. The van der Waals surface area contributed by atoms with Gasteiger partial charge in [-0.05, 0) is 45.0 Å². The van der Waals surface area contributed by atoms with E-state index in [1.54, 1.807) is 25.7 Å². The molecule has 1 N–H and O–H groups in total. The van der Waals surface area contributed by atoms with Gasteiger partial charge in [-0.2, -0.15) is 8.78 Å². The van der Waals surface area contributed by atoms with Crippen molar-refractivity contribution in [3.8, 4) is 0 Å². The molecule has 0 aliphatic carbocycles. The van der Waals surface area contributed by atoms with E-state index in [0.29, 0.717) is 31.9 Å². The molecule has 1 aliphatic heterocycles. The number of piperazine rings is 1. The average Bonchev–Trinajstić information content (AvgIpc) is 2.61. The molecule has 0 unspecified atom stereocenters. The van der Waals surface area contributed by atoms with E-state index in [9.17, 15) is 26.8 Å². The molecule has 1 aliphatic rings. The van der Waals surface area contributed by atoms with Crippen molar-refractivity contribution in [1.29, 1.82) is 0 Å². The number of hydrogen-bond acceptors (Lipinski definition) is 6. The van der Waals surface area contributed by atoms with E-state index >= 15 is 0 Å². The van der Waals surface area contributed by atoms with Gasteiger partial charge in [0, 0.05) is 31.9 Å². The van der Waals surface area contributed by atoms with Gasteiger partial charge in [0.05, 0.1) is 11.4 Å². The van der Waals surface area contributed by atoms with Crippen LogP contribution in [0.1, 0.15) is 20.8 Å². The Kier molecular flexibility index (Phi) is 7.17. The summed E-state index contributed by atoms with van der Waals surface area (Å²) < 4.78 is 53.2. The lowest BCUT2D eigenvalue weighted by Crippen LogP contribution is -2.51. The maximum Gasteiger partial charge on any atom is 0.410 e. The van der Waals surface area contributed by atoms with Gasteiger partial charge in [-0.1, -0.05) is 0 Å². The normalized spacial score (nSPS) is 16.0. The minimum atomic E-state index is -4.67. The highest BCUT2D eigenvalue weighted by Gasteiger charge is 2.27. The Bertz CT molecular complexity index is 830. The molecule has 8 nitrogen and oxygen atoms in total. The number of amides is 2. The second-order valence-corrected chi connectivity index (χ2v) is 9.54. The van der Waals surface area contributed by atoms with Gasteiger partial charge < -0.3 is 15.0 Å². The van der Waals surface area contributed by atoms with Gasteiger partial charge in [0.15, 0.2) is 0 Å². The predicted molar refractivity (Wildman–Crippen MR) is 103 cm³/mol. The molecule has 0 spiro atoms. The number of ether oxygens (including phenoxy) is 1. The third-order valence-corrected chi connectivity index (χ3v) is 5.49. The molecular weight excluding hydrogens is 408 g/mol. The Hall–Kier alpha value is -2.27. The van der Waals surface area contributed by atoms with Gasteiger partial charge in [0.1, 0.15) is 5.60 Å². The van der Waals surface area contributed by atoms with E-state index < -0.39 is 26.1 Å². The maximum absolute atomic E-state index is 12.5. The van der Waals surface area contributed by atoms with E-state index in [1.807, 2.05) is 4.90 Å². The van der Waals surface area contributed by atoms with E-state index in [0.717, 1.165) is 12.1 Å². The molecular formula is C18H25F2N3O5S. The van der Waals surface area contributed by atoms with Crippen LogP contribution in [0.25, 0.3) is 0 Å². The smallest absolute Gasteiger partial charge is 0.410 e. The predicted octanol–water partition coefficient (Wildman–Crippen LogP) is 2.17. The van der Waals surface area contributed by atoms with Gasteiger partial charge in [0.2, 0.25) is 15.7 Å². The van der Waals surface area contributed by atoms with Crippen LogP contribution < -0.4 is 5.32 Å². The van der Waals surface area contributed by atoms with Crippen LogP contribution in [0.2, 0.25) is 0 Å². The number of carbonyl (C=O) groups is 2. The number of alkyl halides is 2. The molecule has 0 bridgehead atoms. The first kappa shape index (κ1) is 23.0. The van der Waals surface area contributed by atoms with Crippen LogP contribution >= 0.6 is 0 Å². The van der Waals surface area contributed by atoms with Crippen LogP contribution in [0.3, 0.4) is 0 Å². The Labute approximate surface area is 168 Å². The fraction of sp³-hybridized carbons (Fsp3) is 0.556. The number of sulfone groups is 1. The van der Waals surface area contributed by atoms with E-state index in [2.05, 4.69) is 5.32 Å². The summed E-state index contributed by atoms with van der Waals surface area (Å²) in [4.78, 5) is 27.2. The molecule has 1 heterocycles. The van der Waals surface area contributed by atoms with Crippen molar-refractivity contribution >= 4 is 27.5 Å². The quantitative estimate of drug-likeness (QED) is 0.765. The summed E-state index contributed by atoms with van der Waals surface area (Å²) in [5.74, 6) is -3.83. The summed E-state index contributed by atoms with van der Waals surface area (Å²) in [6.07, 6.45) is -0.388. The van der Waals surface area contributed by atoms with Crippen molar-refractivity contribution in [2.45, 2.75) is 37.0 Å². The second-order valence-electron chi connectivity index (χ2n) is 7.62. The molecule has 0 aromatic heterocycles. The monoisotopic (exact) mass is 433 g/mol. The Balaban J connectivity index is 1.83. The van der Waals surface area contributed by atoms with Crippen molar-refractivity contribution in [1.82, 2.24) is 9.80 Å². The fourth-order valence-electron chi connectivity index (χ4n) is 2.65. The summed E-state index contributed by atoms with van der Waals surface area (Å²) in [7, 11) is -4.67. The molecule has 1 saturated heterocycles. The number of rotatable bonds is 5. The molecule has 29 heavy (non-hydrogen) atoms. The highest BCUT2D eigenvalue weighted by Crippen LogP contribution is 2.20. The summed E-state index contributed by atoms with van der Waals surface area (Å²) in [6.45, 7) is 7.32. The largest absolute Gasteiger partial charge is 0.444 e. The highest BCUT2D eigenvalue weighted by molar-refractivity contribution is 7.91. The average molecular weight is 433 g/mol. The van der Waals surface area contributed by atoms with E-state index in [1.165, 1.54) is 12.1 Å². The zero-order valence-corrected chi connectivity index (χ0v) is 17.3. The van der Waals surface area contributed by atoms with Gasteiger partial charge in [-0.15, -0.1) is 0 Å². The topological polar surface area (TPSA) is 96.0 Å². The number of hydrogen-bond donors (Lipinski definition) is 1. The minimum Gasteiger partial charge on any atom is -0.444 e. The van der Waals surface area contributed by atoms with Gasteiger partial charge >= 0.3 is 11.9 Å². The van der Waals surface area contributed by atoms with Crippen LogP contribution in [0, 0.1) is 0 Å². The number of nitrogens with one attached hydrogen (secondary N) is 1. The van der Waals surface area contributed by atoms with E-state index in [-0.39, 0.29) is 18.5 Å². The zero-order valence-electron chi connectivity index (χ0n) is 16.5. The highest BCUT2D eigenvalue weighted by atomic mass is 32.2. The molecule has 2 rings (SSSR count). The molecule has 0 atom stereocenters. The SMILES string of the molecule is CC(C)(C)OC(=O)N1CCN(CC(=O)Nc2ccc(S(=O)(=O)C(F)F)cc2)CC1. The second kappa shape index (κ2) is 9.04. The first-order valence-corrected chi connectivity index (χ1v) is 10.6. The Morgan fingerprint density at radius 2 is 1.66 bits per heavy atom. The zero-order chi connectivity index (χ0) is 21.8. The number of benzene rings is 1. The van der Waals surface area contributed by atoms with Crippen LogP contribution in [0.5, 0.6) is 0 Å². The summed E-state index contributed by atoms with van der Waals surface area (Å²) >= 11 is 0. The van der Waals surface area contributed by atoms with Crippen LogP contribution in [-0.2, 0) is 19.4 Å². The van der Waals surface area contributed by atoms with Crippen LogP contribution in [0.4, 0.5) is 19.3 Å². The number of anilines is 1. The fourth-order valence-corrected chi connectivity index (χ4v) is 3.37. The van der Waals surface area contributed by atoms with Crippen molar-refractivity contribution in [2.24, 2.45) is 0 Å². The van der Waals surface area contributed by atoms with Crippen molar-refractivity contribution in [3.63, 3.8) is 0 Å². The number of halogens is 2. The summed E-state index contributed by atoms with van der Waals surface area (Å²) in [5, 5.41) is 2.59. The van der Waals surface area contributed by atoms with Gasteiger partial charge in [0.25, 0.3) is 0 Å². The van der Waals surface area contributed by atoms with Gasteiger partial charge in [-0.25, -0.2) is 13.2 Å². The Morgan fingerprint density at radius 1 is 1.10 bits per heavy atom. The minimum absolute atomic E-state index is 0.0826.